The Labute approximate surface area is 110 Å². The predicted molar refractivity (Wildman–Crippen MR) is 73.3 cm³/mol. The summed E-state index contributed by atoms with van der Waals surface area (Å²) in [5.74, 6) is 7.42. The van der Waals surface area contributed by atoms with Crippen LogP contribution in [0.1, 0.15) is 4.88 Å². The van der Waals surface area contributed by atoms with Crippen molar-refractivity contribution in [3.8, 4) is 11.5 Å². The van der Waals surface area contributed by atoms with E-state index in [2.05, 4.69) is 25.1 Å². The molecule has 2 N–H and O–H groups in total. The molecule has 2 heterocycles. The number of hydrazine groups is 1. The number of thiophene rings is 1. The van der Waals surface area contributed by atoms with Gasteiger partial charge in [-0.15, -0.1) is 11.3 Å². The van der Waals surface area contributed by atoms with E-state index in [0.717, 1.165) is 11.5 Å². The molecule has 5 heteroatoms. The van der Waals surface area contributed by atoms with Gasteiger partial charge in [-0.05, 0) is 24.4 Å². The van der Waals surface area contributed by atoms with Gasteiger partial charge in [0.1, 0.15) is 13.2 Å². The van der Waals surface area contributed by atoms with Crippen molar-refractivity contribution < 1.29 is 9.47 Å². The minimum atomic E-state index is 0.585. The summed E-state index contributed by atoms with van der Waals surface area (Å²) < 4.78 is 12.7. The molecule has 0 atom stereocenters. The molecule has 1 aromatic heterocycles. The number of benzene rings is 1. The molecule has 0 bridgehead atoms. The lowest BCUT2D eigenvalue weighted by atomic mass is 10.2. The van der Waals surface area contributed by atoms with Crippen LogP contribution in [-0.4, -0.2) is 31.3 Å². The Bertz CT molecular complexity index is 520. The van der Waals surface area contributed by atoms with Crippen molar-refractivity contribution in [1.29, 1.82) is 0 Å². The third-order valence-electron chi connectivity index (χ3n) is 2.98. The molecular formula is C13H16N2O2S. The molecule has 1 aromatic carbocycles. The van der Waals surface area contributed by atoms with Crippen LogP contribution in [0.25, 0.3) is 10.1 Å². The minimum absolute atomic E-state index is 0.585. The SMILES string of the molecule is Cc1cc2cc3c(cc2s1)OCCN(N)CCO3. The van der Waals surface area contributed by atoms with Crippen LogP contribution in [-0.2, 0) is 0 Å². The van der Waals surface area contributed by atoms with Gasteiger partial charge < -0.3 is 9.47 Å². The second-order valence-electron chi connectivity index (χ2n) is 4.43. The molecule has 18 heavy (non-hydrogen) atoms. The van der Waals surface area contributed by atoms with Crippen molar-refractivity contribution in [2.45, 2.75) is 6.92 Å². The van der Waals surface area contributed by atoms with Crippen LogP contribution in [0.4, 0.5) is 0 Å². The van der Waals surface area contributed by atoms with E-state index in [1.807, 2.05) is 0 Å². The van der Waals surface area contributed by atoms with Crippen molar-refractivity contribution >= 4 is 21.4 Å². The van der Waals surface area contributed by atoms with Crippen LogP contribution in [0.2, 0.25) is 0 Å². The van der Waals surface area contributed by atoms with E-state index in [4.69, 9.17) is 15.3 Å². The van der Waals surface area contributed by atoms with Crippen LogP contribution < -0.4 is 15.3 Å². The van der Waals surface area contributed by atoms with Crippen LogP contribution in [0.15, 0.2) is 18.2 Å². The lowest BCUT2D eigenvalue weighted by molar-refractivity contribution is 0.200. The van der Waals surface area contributed by atoms with Crippen molar-refractivity contribution in [2.24, 2.45) is 5.84 Å². The third kappa shape index (κ3) is 2.29. The molecule has 0 saturated carbocycles. The average molecular weight is 264 g/mol. The highest BCUT2D eigenvalue weighted by molar-refractivity contribution is 7.19. The zero-order valence-electron chi connectivity index (χ0n) is 10.3. The van der Waals surface area contributed by atoms with Gasteiger partial charge in [-0.3, -0.25) is 5.84 Å². The number of rotatable bonds is 0. The number of hydrogen-bond acceptors (Lipinski definition) is 5. The zero-order chi connectivity index (χ0) is 12.5. The van der Waals surface area contributed by atoms with Gasteiger partial charge in [-0.25, -0.2) is 5.01 Å². The fraction of sp³-hybridized carbons (Fsp3) is 0.385. The number of nitrogens with two attached hydrogens (primary N) is 1. The van der Waals surface area contributed by atoms with Gasteiger partial charge in [0.2, 0.25) is 0 Å². The van der Waals surface area contributed by atoms with Gasteiger partial charge in [-0.1, -0.05) is 0 Å². The normalized spacial score (nSPS) is 17.2. The van der Waals surface area contributed by atoms with Gasteiger partial charge in [0.05, 0.1) is 0 Å². The standard InChI is InChI=1S/C13H16N2O2S/c1-9-6-10-7-11-12(8-13(10)18-9)17-5-3-15(14)2-4-16-11/h6-8H,2-5,14H2,1H3. The number of nitrogens with zero attached hydrogens (tertiary/aromatic N) is 1. The predicted octanol–water partition coefficient (Wildman–Crippen LogP) is 2.16. The molecule has 0 spiro atoms. The fourth-order valence-corrected chi connectivity index (χ4v) is 3.00. The molecule has 96 valence electrons. The summed E-state index contributed by atoms with van der Waals surface area (Å²) in [5, 5.41) is 2.93. The second-order valence-corrected chi connectivity index (χ2v) is 5.71. The van der Waals surface area contributed by atoms with Crippen molar-refractivity contribution in [3.63, 3.8) is 0 Å². The fourth-order valence-electron chi connectivity index (χ4n) is 2.06. The number of aryl methyl sites for hydroxylation is 1. The number of hydrogen-bond donors (Lipinski definition) is 1. The highest BCUT2D eigenvalue weighted by Crippen LogP contribution is 2.36. The molecule has 4 nitrogen and oxygen atoms in total. The van der Waals surface area contributed by atoms with Gasteiger partial charge in [-0.2, -0.15) is 0 Å². The molecule has 0 fully saturated rings. The van der Waals surface area contributed by atoms with Gasteiger partial charge in [0.15, 0.2) is 11.5 Å². The molecule has 0 aliphatic carbocycles. The maximum Gasteiger partial charge on any atom is 0.162 e. The van der Waals surface area contributed by atoms with E-state index < -0.39 is 0 Å². The van der Waals surface area contributed by atoms with Crippen LogP contribution in [0.3, 0.4) is 0 Å². The lowest BCUT2D eigenvalue weighted by Gasteiger charge is -2.13. The van der Waals surface area contributed by atoms with E-state index in [-0.39, 0.29) is 0 Å². The first-order valence-electron chi connectivity index (χ1n) is 6.02. The number of fused-ring (bicyclic) bond motifs is 2. The largest absolute Gasteiger partial charge is 0.488 e. The van der Waals surface area contributed by atoms with Gasteiger partial charge in [0.25, 0.3) is 0 Å². The summed E-state index contributed by atoms with van der Waals surface area (Å²) in [5.41, 5.74) is 0. The zero-order valence-corrected chi connectivity index (χ0v) is 11.1. The summed E-state index contributed by atoms with van der Waals surface area (Å²) in [4.78, 5) is 1.30. The first-order chi connectivity index (χ1) is 8.72. The minimum Gasteiger partial charge on any atom is -0.488 e. The van der Waals surface area contributed by atoms with Crippen LogP contribution in [0.5, 0.6) is 11.5 Å². The molecule has 1 aliphatic rings. The van der Waals surface area contributed by atoms with Crippen LogP contribution in [0, 0.1) is 6.92 Å². The van der Waals surface area contributed by atoms with E-state index in [0.29, 0.717) is 26.3 Å². The summed E-state index contributed by atoms with van der Waals surface area (Å²) in [7, 11) is 0. The maximum atomic E-state index is 5.78. The van der Waals surface area contributed by atoms with Crippen LogP contribution >= 0.6 is 11.3 Å². The Morgan fingerprint density at radius 3 is 2.50 bits per heavy atom. The van der Waals surface area contributed by atoms with Crippen molar-refractivity contribution in [2.75, 3.05) is 26.3 Å². The van der Waals surface area contributed by atoms with E-state index in [1.165, 1.54) is 15.0 Å². The number of ether oxygens (including phenoxy) is 2. The van der Waals surface area contributed by atoms with E-state index >= 15 is 0 Å². The lowest BCUT2D eigenvalue weighted by Crippen LogP contribution is -2.37. The van der Waals surface area contributed by atoms with Crippen molar-refractivity contribution in [1.82, 2.24) is 5.01 Å². The van der Waals surface area contributed by atoms with Gasteiger partial charge >= 0.3 is 0 Å². The van der Waals surface area contributed by atoms with E-state index in [1.54, 1.807) is 16.3 Å². The Kier molecular flexibility index (Phi) is 3.11. The molecule has 0 amide bonds. The maximum absolute atomic E-state index is 5.78. The molecule has 0 saturated heterocycles. The molecule has 3 rings (SSSR count). The molecule has 0 unspecified atom stereocenters. The molecule has 2 aromatic rings. The third-order valence-corrected chi connectivity index (χ3v) is 3.99. The first kappa shape index (κ1) is 11.8. The first-order valence-corrected chi connectivity index (χ1v) is 6.83. The topological polar surface area (TPSA) is 47.7 Å². The van der Waals surface area contributed by atoms with Gasteiger partial charge in [0, 0.05) is 28.7 Å². The molecule has 1 aliphatic heterocycles. The monoisotopic (exact) mass is 264 g/mol. The summed E-state index contributed by atoms with van der Waals surface area (Å²) in [6, 6.07) is 6.29. The summed E-state index contributed by atoms with van der Waals surface area (Å²) in [6.07, 6.45) is 0. The summed E-state index contributed by atoms with van der Waals surface area (Å²) >= 11 is 1.77. The Morgan fingerprint density at radius 1 is 1.11 bits per heavy atom. The van der Waals surface area contributed by atoms with E-state index in [9.17, 15) is 0 Å². The highest BCUT2D eigenvalue weighted by atomic mass is 32.1. The average Bonchev–Trinajstić information content (AvgIpc) is 2.70. The quantitative estimate of drug-likeness (QED) is 0.741. The molecular weight excluding hydrogens is 248 g/mol. The summed E-state index contributed by atoms with van der Waals surface area (Å²) in [6.45, 7) is 4.71. The van der Waals surface area contributed by atoms with Crippen molar-refractivity contribution in [3.05, 3.63) is 23.1 Å². The highest BCUT2D eigenvalue weighted by Gasteiger charge is 2.12. The Balaban J connectivity index is 1.99. The molecule has 0 radical (unpaired) electrons. The second kappa shape index (κ2) is 4.76. The Hall–Kier alpha value is -1.30. The smallest absolute Gasteiger partial charge is 0.162 e. The Morgan fingerprint density at radius 2 is 1.78 bits per heavy atom.